The van der Waals surface area contributed by atoms with Gasteiger partial charge in [-0.1, -0.05) is 54.6 Å². The van der Waals surface area contributed by atoms with Crippen molar-refractivity contribution in [2.75, 3.05) is 106 Å². The van der Waals surface area contributed by atoms with Crippen LogP contribution in [0.5, 0.6) is 23.0 Å². The van der Waals surface area contributed by atoms with E-state index in [1.54, 1.807) is 0 Å². The Hall–Kier alpha value is -6.81. The second-order valence-corrected chi connectivity index (χ2v) is 15.5. The van der Waals surface area contributed by atoms with Crippen LogP contribution in [0.1, 0.15) is 28.7 Å². The first kappa shape index (κ1) is 47.3. The van der Waals surface area contributed by atoms with Gasteiger partial charge in [0.15, 0.2) is 17.5 Å². The lowest BCUT2D eigenvalue weighted by Crippen LogP contribution is -2.15. The van der Waals surface area contributed by atoms with E-state index < -0.39 is 0 Å². The molecule has 0 fully saturated rings. The van der Waals surface area contributed by atoms with E-state index >= 15 is 0 Å². The van der Waals surface area contributed by atoms with Gasteiger partial charge in [-0.05, 0) is 24.3 Å². The fraction of sp³-hybridized carbons (Fsp3) is 0.340. The highest BCUT2D eigenvalue weighted by atomic mass is 16.5. The Bertz CT molecular complexity index is 3030. The summed E-state index contributed by atoms with van der Waals surface area (Å²) in [4.78, 5) is 33.1. The molecule has 0 aliphatic carbocycles. The molecule has 2 aromatic heterocycles. The van der Waals surface area contributed by atoms with E-state index in [2.05, 4.69) is 16.0 Å². The van der Waals surface area contributed by atoms with Gasteiger partial charge in [-0.2, -0.15) is 0 Å². The van der Waals surface area contributed by atoms with Crippen LogP contribution in [0.15, 0.2) is 97.8 Å². The van der Waals surface area contributed by atoms with Gasteiger partial charge in [0.1, 0.15) is 66.5 Å². The first-order valence-corrected chi connectivity index (χ1v) is 22.8. The van der Waals surface area contributed by atoms with Crippen molar-refractivity contribution in [1.29, 1.82) is 0 Å². The third-order valence-electron chi connectivity index (χ3n) is 11.1. The summed E-state index contributed by atoms with van der Waals surface area (Å²) in [5.41, 5.74) is 3.99. The molecule has 69 heavy (non-hydrogen) atoms. The Morgan fingerprint density at radius 1 is 0.420 bits per heavy atom. The van der Waals surface area contributed by atoms with Crippen LogP contribution in [0.4, 0.5) is 11.6 Å². The van der Waals surface area contributed by atoms with Gasteiger partial charge in [0.25, 0.3) is 0 Å². The number of amidine groups is 3. The molecule has 0 spiro atoms. The third-order valence-corrected chi connectivity index (χ3v) is 11.1. The van der Waals surface area contributed by atoms with Crippen molar-refractivity contribution < 1.29 is 58.3 Å². The lowest BCUT2D eigenvalue weighted by atomic mass is 10.0. The number of benzene rings is 4. The molecule has 0 saturated heterocycles. The summed E-state index contributed by atoms with van der Waals surface area (Å²) in [5, 5.41) is 40.7. The van der Waals surface area contributed by atoms with Crippen LogP contribution in [-0.4, -0.2) is 159 Å². The number of nitrogens with one attached hydrogen (secondary N) is 2. The van der Waals surface area contributed by atoms with Crippen LogP contribution in [-0.2, 0) is 18.9 Å². The van der Waals surface area contributed by atoms with Gasteiger partial charge in [0, 0.05) is 39.2 Å². The van der Waals surface area contributed by atoms with Gasteiger partial charge in [0.2, 0.25) is 0 Å². The van der Waals surface area contributed by atoms with Crippen molar-refractivity contribution in [1.82, 2.24) is 9.97 Å². The molecule has 3 aliphatic heterocycles. The van der Waals surface area contributed by atoms with Gasteiger partial charge < -0.3 is 68.3 Å². The molecular formula is C50H53N7O12. The predicted octanol–water partition coefficient (Wildman–Crippen LogP) is 3.42. The summed E-state index contributed by atoms with van der Waals surface area (Å²) in [7, 11) is 0. The Balaban J connectivity index is 1.26. The van der Waals surface area contributed by atoms with Crippen LogP contribution in [0.2, 0.25) is 0 Å². The van der Waals surface area contributed by atoms with E-state index in [9.17, 15) is 20.4 Å². The maximum Gasteiger partial charge on any atom is 0.168 e. The van der Waals surface area contributed by atoms with Crippen LogP contribution < -0.4 is 29.8 Å². The number of rotatable bonds is 24. The monoisotopic (exact) mass is 943 g/mol. The normalized spacial score (nSPS) is 13.7. The number of fused-ring (bicyclic) bond motifs is 18. The molecule has 0 amide bonds. The minimum absolute atomic E-state index is 0.0899. The maximum atomic E-state index is 9.28. The van der Waals surface area contributed by atoms with Crippen molar-refractivity contribution in [3.05, 3.63) is 106 Å². The summed E-state index contributed by atoms with van der Waals surface area (Å²) >= 11 is 0. The van der Waals surface area contributed by atoms with E-state index in [4.69, 9.17) is 62.9 Å². The molecule has 5 heterocycles. The van der Waals surface area contributed by atoms with E-state index in [1.165, 1.54) is 0 Å². The SMILES string of the molecule is OCCOCCOc1cccc2c1C1=NC2=Nc2[nH]c(c3cccc(OCCOCCO)c23)N=C2N=C(N=c3[nH]c(c4cccc(OCCOCCO)c34)=CC1)c1cccc(OCCOCCO)c12. The van der Waals surface area contributed by atoms with E-state index in [0.717, 1.165) is 21.9 Å². The molecule has 0 radical (unpaired) electrons. The average Bonchev–Trinajstić information content (AvgIpc) is 4.12. The minimum atomic E-state index is -0.104. The number of hydrogen-bond donors (Lipinski definition) is 6. The molecule has 19 nitrogen and oxygen atoms in total. The number of hydrogen-bond acceptors (Lipinski definition) is 17. The van der Waals surface area contributed by atoms with Crippen molar-refractivity contribution in [3.8, 4) is 23.0 Å². The summed E-state index contributed by atoms with van der Waals surface area (Å²) in [5.74, 6) is 4.19. The predicted molar refractivity (Wildman–Crippen MR) is 258 cm³/mol. The molecule has 6 N–H and O–H groups in total. The first-order chi connectivity index (χ1) is 34.1. The molecule has 0 unspecified atom stereocenters. The van der Waals surface area contributed by atoms with Gasteiger partial charge in [-0.3, -0.25) is 0 Å². The number of aliphatic hydroxyl groups excluding tert-OH is 4. The van der Waals surface area contributed by atoms with Crippen molar-refractivity contribution in [3.63, 3.8) is 0 Å². The number of aromatic nitrogens is 2. The van der Waals surface area contributed by atoms with Gasteiger partial charge in [-0.25, -0.2) is 25.0 Å². The van der Waals surface area contributed by atoms with Crippen LogP contribution in [0, 0.1) is 0 Å². The Kier molecular flexibility index (Phi) is 15.7. The van der Waals surface area contributed by atoms with Crippen LogP contribution in [0.25, 0.3) is 27.6 Å². The smallest absolute Gasteiger partial charge is 0.168 e. The summed E-state index contributed by atoms with van der Waals surface area (Å²) in [6, 6.07) is 22.8. The zero-order valence-corrected chi connectivity index (χ0v) is 37.8. The fourth-order valence-electron chi connectivity index (χ4n) is 8.22. The van der Waals surface area contributed by atoms with E-state index in [-0.39, 0.29) is 106 Å². The highest BCUT2D eigenvalue weighted by Gasteiger charge is 2.29. The van der Waals surface area contributed by atoms with Crippen molar-refractivity contribution >= 4 is 62.5 Å². The van der Waals surface area contributed by atoms with Crippen molar-refractivity contribution in [2.45, 2.75) is 6.42 Å². The number of H-pyrrole nitrogens is 2. The number of aromatic amines is 2. The molecule has 0 atom stereocenters. The topological polar surface area (TPSA) is 248 Å². The fourth-order valence-corrected chi connectivity index (χ4v) is 8.22. The Morgan fingerprint density at radius 3 is 1.52 bits per heavy atom. The average molecular weight is 944 g/mol. The zero-order valence-electron chi connectivity index (χ0n) is 37.8. The van der Waals surface area contributed by atoms with E-state index in [1.807, 2.05) is 72.8 Å². The molecule has 9 rings (SSSR count). The minimum Gasteiger partial charge on any atom is -0.490 e. The largest absolute Gasteiger partial charge is 0.490 e. The summed E-state index contributed by atoms with van der Waals surface area (Å²) < 4.78 is 47.4. The quantitative estimate of drug-likeness (QED) is 0.0478. The molecule has 3 aliphatic rings. The standard InChI is InChI=1S/C50H53N7O12/c58-15-19-62-23-27-66-37-9-2-6-32-41(37)36-14-13-35-31-5-1-10-38(67-28-24-63-20-16-59)42(31)48(51-35)54-46-33-7-3-12-40(69-30-26-65-22-18-61)44(33)50(55-46)57-47-34-8-4-11-39(68-29-25-64-21-17-60)43(34)49(56-47)53-45(32)52-36/h1-13,56,58-61H,14-30H2,(H,51,54,55,57). The second kappa shape index (κ2) is 23.0. The molecule has 19 heteroatoms. The zero-order chi connectivity index (χ0) is 47.4. The third kappa shape index (κ3) is 10.6. The van der Waals surface area contributed by atoms with Crippen LogP contribution >= 0.6 is 0 Å². The number of nitrogens with zero attached hydrogens (tertiary/aromatic N) is 5. The molecule has 8 bridgehead atoms. The highest BCUT2D eigenvalue weighted by Crippen LogP contribution is 2.43. The second-order valence-electron chi connectivity index (χ2n) is 15.5. The first-order valence-electron chi connectivity index (χ1n) is 22.8. The van der Waals surface area contributed by atoms with Crippen LogP contribution in [0.3, 0.4) is 0 Å². The van der Waals surface area contributed by atoms with Gasteiger partial charge >= 0.3 is 0 Å². The van der Waals surface area contributed by atoms with Gasteiger partial charge in [0.05, 0.1) is 101 Å². The molecule has 6 aromatic rings. The summed E-state index contributed by atoms with van der Waals surface area (Å²) in [6.07, 6.45) is 2.40. The summed E-state index contributed by atoms with van der Waals surface area (Å²) in [6.45, 7) is 2.29. The number of aliphatic hydroxyl groups is 4. The molecule has 0 saturated carbocycles. The molecule has 4 aromatic carbocycles. The maximum absolute atomic E-state index is 9.28. The Labute approximate surface area is 395 Å². The van der Waals surface area contributed by atoms with Crippen molar-refractivity contribution in [2.24, 2.45) is 25.0 Å². The molecule has 360 valence electrons. The number of aliphatic imine (C=N–C) groups is 4. The molecular weight excluding hydrogens is 891 g/mol. The van der Waals surface area contributed by atoms with E-state index in [0.29, 0.717) is 97.0 Å². The van der Waals surface area contributed by atoms with Gasteiger partial charge in [-0.15, -0.1) is 0 Å². The Morgan fingerprint density at radius 2 is 0.913 bits per heavy atom. The highest BCUT2D eigenvalue weighted by molar-refractivity contribution is 6.27. The number of ether oxygens (including phenoxy) is 8. The lowest BCUT2D eigenvalue weighted by molar-refractivity contribution is 0.0705. The lowest BCUT2D eigenvalue weighted by Gasteiger charge is -2.12.